The second kappa shape index (κ2) is 19.8. The topological polar surface area (TPSA) is 267 Å². The standard InChI is InChI=1S/C40H33N5O10.C2H3N/c1-22(18-23-2-14-30(46)15-3-23)36(50)43-27-10-4-24(5-11-27)37(51)41-21-35(49)42-26-8-6-25(7-9-26)38(52)44-28-12-16-31(33(47)19-28)39(53)45-29-13-17-32(40(54)55)34(48)20-29;1-2-3/h2-20,46-48H,21H2,1H3,(H,41,51)(H,42,49)(H,43,50)(H,44,52)(H,45,53)(H,54,55);1H3/b22-18+;. The Hall–Kier alpha value is -8.45. The molecule has 16 heteroatoms. The number of anilines is 4. The van der Waals surface area contributed by atoms with E-state index in [0.29, 0.717) is 16.9 Å². The number of hydrogen-bond donors (Lipinski definition) is 9. The summed E-state index contributed by atoms with van der Waals surface area (Å²) in [6.07, 6.45) is 1.67. The molecule has 0 aromatic heterocycles. The zero-order chi connectivity index (χ0) is 42.4. The monoisotopic (exact) mass is 784 g/mol. The van der Waals surface area contributed by atoms with Gasteiger partial charge in [-0.3, -0.25) is 24.0 Å². The number of nitrogens with zero attached hydrogens (tertiary/aromatic N) is 1. The van der Waals surface area contributed by atoms with E-state index >= 15 is 0 Å². The zero-order valence-electron chi connectivity index (χ0n) is 30.9. The minimum absolute atomic E-state index is 0.0907. The van der Waals surface area contributed by atoms with Crippen molar-refractivity contribution in [1.82, 2.24) is 5.32 Å². The van der Waals surface area contributed by atoms with Gasteiger partial charge in [-0.15, -0.1) is 0 Å². The van der Waals surface area contributed by atoms with Crippen molar-refractivity contribution in [3.8, 4) is 23.3 Å². The van der Waals surface area contributed by atoms with Gasteiger partial charge in [0.25, 0.3) is 23.6 Å². The Labute approximate surface area is 331 Å². The molecule has 9 N–H and O–H groups in total. The Morgan fingerprint density at radius 2 is 1.07 bits per heavy atom. The average Bonchev–Trinajstić information content (AvgIpc) is 3.18. The highest BCUT2D eigenvalue weighted by Gasteiger charge is 2.16. The van der Waals surface area contributed by atoms with Crippen molar-refractivity contribution in [3.05, 3.63) is 143 Å². The van der Waals surface area contributed by atoms with Gasteiger partial charge in [0.1, 0.15) is 22.8 Å². The Balaban J connectivity index is 0.00000240. The van der Waals surface area contributed by atoms with Crippen LogP contribution in [-0.2, 0) is 9.59 Å². The minimum atomic E-state index is -1.34. The van der Waals surface area contributed by atoms with Crippen molar-refractivity contribution in [3.63, 3.8) is 0 Å². The largest absolute Gasteiger partial charge is 0.508 e. The van der Waals surface area contributed by atoms with Crippen molar-refractivity contribution in [1.29, 1.82) is 5.26 Å². The van der Waals surface area contributed by atoms with Crippen LogP contribution in [0.3, 0.4) is 0 Å². The number of rotatable bonds is 12. The van der Waals surface area contributed by atoms with E-state index in [0.717, 1.165) is 23.8 Å². The van der Waals surface area contributed by atoms with E-state index in [9.17, 15) is 44.1 Å². The molecule has 0 radical (unpaired) electrons. The number of aromatic carboxylic acids is 1. The lowest BCUT2D eigenvalue weighted by atomic mass is 10.1. The van der Waals surface area contributed by atoms with Gasteiger partial charge in [0.15, 0.2) is 0 Å². The zero-order valence-corrected chi connectivity index (χ0v) is 30.9. The van der Waals surface area contributed by atoms with Crippen LogP contribution in [0.25, 0.3) is 6.08 Å². The molecule has 5 aromatic rings. The molecule has 5 amide bonds. The molecule has 0 heterocycles. The lowest BCUT2D eigenvalue weighted by molar-refractivity contribution is -0.115. The van der Waals surface area contributed by atoms with Crippen molar-refractivity contribution >= 4 is 64.3 Å². The highest BCUT2D eigenvalue weighted by Crippen LogP contribution is 2.26. The summed E-state index contributed by atoms with van der Waals surface area (Å²) in [7, 11) is 0. The third kappa shape index (κ3) is 12.0. The molecular formula is C42H36N6O10. The van der Waals surface area contributed by atoms with E-state index in [1.54, 1.807) is 43.3 Å². The highest BCUT2D eigenvalue weighted by molar-refractivity contribution is 6.09. The van der Waals surface area contributed by atoms with E-state index in [2.05, 4.69) is 26.6 Å². The van der Waals surface area contributed by atoms with E-state index in [4.69, 9.17) is 10.4 Å². The van der Waals surface area contributed by atoms with Crippen LogP contribution in [0.1, 0.15) is 60.8 Å². The molecule has 294 valence electrons. The second-order valence-corrected chi connectivity index (χ2v) is 12.2. The molecule has 0 aliphatic rings. The van der Waals surface area contributed by atoms with Crippen LogP contribution >= 0.6 is 0 Å². The van der Waals surface area contributed by atoms with Gasteiger partial charge in [-0.25, -0.2) is 4.79 Å². The molecular weight excluding hydrogens is 748 g/mol. The summed E-state index contributed by atoms with van der Waals surface area (Å²) >= 11 is 0. The van der Waals surface area contributed by atoms with Gasteiger partial charge < -0.3 is 47.0 Å². The summed E-state index contributed by atoms with van der Waals surface area (Å²) in [4.78, 5) is 74.2. The molecule has 0 fully saturated rings. The van der Waals surface area contributed by atoms with E-state index in [1.165, 1.54) is 73.7 Å². The van der Waals surface area contributed by atoms with Crippen LogP contribution in [-0.4, -0.2) is 62.5 Å². The molecule has 0 aliphatic heterocycles. The van der Waals surface area contributed by atoms with Crippen LogP contribution in [0, 0.1) is 11.3 Å². The molecule has 5 aromatic carbocycles. The van der Waals surface area contributed by atoms with Gasteiger partial charge >= 0.3 is 5.97 Å². The second-order valence-electron chi connectivity index (χ2n) is 12.2. The third-order valence-electron chi connectivity index (χ3n) is 7.87. The predicted octanol–water partition coefficient (Wildman–Crippen LogP) is 5.95. The maximum atomic E-state index is 12.8. The number of nitrogens with one attached hydrogen (secondary N) is 5. The Bertz CT molecular complexity index is 2420. The first-order chi connectivity index (χ1) is 27.7. The van der Waals surface area contributed by atoms with E-state index in [-0.39, 0.29) is 51.8 Å². The number of carboxylic acids is 1. The first-order valence-corrected chi connectivity index (χ1v) is 17.1. The molecule has 0 spiro atoms. The van der Waals surface area contributed by atoms with Gasteiger partial charge in [-0.1, -0.05) is 12.1 Å². The Kier molecular flexibility index (Phi) is 14.4. The number of aromatic hydroxyl groups is 3. The fourth-order valence-electron chi connectivity index (χ4n) is 4.99. The van der Waals surface area contributed by atoms with Crippen LogP contribution in [0.4, 0.5) is 22.7 Å². The van der Waals surface area contributed by atoms with Crippen molar-refractivity contribution in [2.75, 3.05) is 27.8 Å². The van der Waals surface area contributed by atoms with Gasteiger partial charge in [0.05, 0.1) is 18.2 Å². The fourth-order valence-corrected chi connectivity index (χ4v) is 4.99. The molecule has 16 nitrogen and oxygen atoms in total. The third-order valence-corrected chi connectivity index (χ3v) is 7.87. The first-order valence-electron chi connectivity index (χ1n) is 17.1. The summed E-state index contributed by atoms with van der Waals surface area (Å²) in [6.45, 7) is 2.73. The van der Waals surface area contributed by atoms with Crippen molar-refractivity contribution < 1.29 is 49.2 Å². The number of carbonyl (C=O) groups excluding carboxylic acids is 5. The molecule has 58 heavy (non-hydrogen) atoms. The molecule has 0 unspecified atom stereocenters. The average molecular weight is 785 g/mol. The summed E-state index contributed by atoms with van der Waals surface area (Å²) in [5.74, 6) is -4.93. The van der Waals surface area contributed by atoms with Gasteiger partial charge in [0.2, 0.25) is 5.91 Å². The van der Waals surface area contributed by atoms with Gasteiger partial charge in [-0.05, 0) is 103 Å². The number of carbonyl (C=O) groups is 6. The SMILES string of the molecule is C/C(=C\c1ccc(O)cc1)C(=O)Nc1ccc(C(=O)NCC(=O)Nc2ccc(C(=O)Nc3ccc(C(=O)Nc4ccc(C(=O)O)c(O)c4)c(O)c3)cc2)cc1.CC#N. The summed E-state index contributed by atoms with van der Waals surface area (Å²) in [5, 5.41) is 58.9. The number of phenolic OH excluding ortho intramolecular Hbond substituents is 2. The maximum Gasteiger partial charge on any atom is 0.339 e. The highest BCUT2D eigenvalue weighted by atomic mass is 16.4. The van der Waals surface area contributed by atoms with Gasteiger partial charge in [0, 0.05) is 58.5 Å². The summed E-state index contributed by atoms with van der Waals surface area (Å²) in [5.41, 5.74) is 2.21. The number of amides is 5. The van der Waals surface area contributed by atoms with E-state index in [1.807, 2.05) is 0 Å². The van der Waals surface area contributed by atoms with E-state index < -0.39 is 41.1 Å². The molecule has 0 saturated heterocycles. The fraction of sp³-hybridized carbons (Fsp3) is 0.0714. The normalized spacial score (nSPS) is 10.4. The number of benzene rings is 5. The Morgan fingerprint density at radius 3 is 1.59 bits per heavy atom. The van der Waals surface area contributed by atoms with Crippen LogP contribution in [0.15, 0.2) is 115 Å². The molecule has 5 rings (SSSR count). The lowest BCUT2D eigenvalue weighted by Crippen LogP contribution is -2.32. The van der Waals surface area contributed by atoms with Gasteiger partial charge in [-0.2, -0.15) is 5.26 Å². The molecule has 0 atom stereocenters. The quantitative estimate of drug-likeness (QED) is 0.0668. The number of phenols is 3. The first kappa shape index (κ1) is 42.3. The maximum absolute atomic E-state index is 12.8. The number of carboxylic acid groups (broad SMARTS) is 1. The molecule has 0 aliphatic carbocycles. The van der Waals surface area contributed by atoms with Crippen molar-refractivity contribution in [2.24, 2.45) is 0 Å². The number of nitriles is 1. The smallest absolute Gasteiger partial charge is 0.339 e. The van der Waals surface area contributed by atoms with Crippen LogP contribution in [0.2, 0.25) is 0 Å². The number of hydrogen-bond acceptors (Lipinski definition) is 10. The summed E-state index contributed by atoms with van der Waals surface area (Å²) in [6, 6.07) is 27.3. The summed E-state index contributed by atoms with van der Waals surface area (Å²) < 4.78 is 0. The lowest BCUT2D eigenvalue weighted by Gasteiger charge is -2.11. The van der Waals surface area contributed by atoms with Crippen molar-refractivity contribution in [2.45, 2.75) is 13.8 Å². The Morgan fingerprint density at radius 1 is 0.603 bits per heavy atom. The molecule has 0 saturated carbocycles. The minimum Gasteiger partial charge on any atom is -0.508 e. The van der Waals surface area contributed by atoms with Crippen LogP contribution < -0.4 is 26.6 Å². The van der Waals surface area contributed by atoms with Crippen LogP contribution in [0.5, 0.6) is 17.2 Å². The molecule has 0 bridgehead atoms. The predicted molar refractivity (Wildman–Crippen MR) is 215 cm³/mol.